The van der Waals surface area contributed by atoms with Crippen molar-refractivity contribution in [2.24, 2.45) is 0 Å². The summed E-state index contributed by atoms with van der Waals surface area (Å²) in [7, 11) is 1.49. The lowest BCUT2D eigenvalue weighted by Crippen LogP contribution is -2.40. The SMILES string of the molecule is COc1ncc(-c2ccc3nc(N)c(-c4ccc(C(=O)N5CCOCC5)cc4Cl)cc3c2)cc1NSc1ccc(F)cc1F. The number of ether oxygens (including phenoxy) is 2. The number of nitrogens with one attached hydrogen (secondary N) is 1. The molecule has 5 aromatic rings. The molecule has 0 spiro atoms. The third kappa shape index (κ3) is 6.12. The molecule has 0 radical (unpaired) electrons. The number of fused-ring (bicyclic) bond motifs is 1. The number of hydrogen-bond acceptors (Lipinski definition) is 8. The number of hydrogen-bond donors (Lipinski definition) is 2. The van der Waals surface area contributed by atoms with Crippen molar-refractivity contribution >= 4 is 51.9 Å². The Labute approximate surface area is 261 Å². The van der Waals surface area contributed by atoms with E-state index in [-0.39, 0.29) is 10.8 Å². The number of pyridine rings is 2. The fourth-order valence-electron chi connectivity index (χ4n) is 4.92. The molecule has 3 aromatic carbocycles. The molecular weight excluding hydrogens is 608 g/mol. The molecule has 0 saturated carbocycles. The van der Waals surface area contributed by atoms with Gasteiger partial charge in [0.15, 0.2) is 0 Å². The Hall–Kier alpha value is -4.45. The van der Waals surface area contributed by atoms with Gasteiger partial charge in [0.2, 0.25) is 5.88 Å². The summed E-state index contributed by atoms with van der Waals surface area (Å²) in [4.78, 5) is 23.9. The van der Waals surface area contributed by atoms with Crippen LogP contribution in [0.4, 0.5) is 20.3 Å². The van der Waals surface area contributed by atoms with Gasteiger partial charge in [-0.3, -0.25) is 4.79 Å². The molecule has 1 aliphatic rings. The minimum Gasteiger partial charge on any atom is -0.480 e. The van der Waals surface area contributed by atoms with Crippen LogP contribution in [0.15, 0.2) is 77.8 Å². The highest BCUT2D eigenvalue weighted by atomic mass is 35.5. The van der Waals surface area contributed by atoms with Crippen molar-refractivity contribution in [2.45, 2.75) is 4.90 Å². The maximum Gasteiger partial charge on any atom is 0.254 e. The van der Waals surface area contributed by atoms with Crippen molar-refractivity contribution in [2.75, 3.05) is 43.9 Å². The molecule has 0 unspecified atom stereocenters. The molecule has 0 atom stereocenters. The minimum absolute atomic E-state index is 0.0980. The van der Waals surface area contributed by atoms with Crippen LogP contribution in [0.2, 0.25) is 5.02 Å². The number of carbonyl (C=O) groups is 1. The largest absolute Gasteiger partial charge is 0.480 e. The first-order valence-electron chi connectivity index (χ1n) is 13.6. The first-order valence-corrected chi connectivity index (χ1v) is 14.8. The zero-order valence-electron chi connectivity index (χ0n) is 23.4. The van der Waals surface area contributed by atoms with E-state index in [1.165, 1.54) is 19.2 Å². The number of methoxy groups -OCH3 is 1. The Morgan fingerprint density at radius 1 is 1.02 bits per heavy atom. The predicted octanol–water partition coefficient (Wildman–Crippen LogP) is 7.08. The zero-order chi connectivity index (χ0) is 30.8. The van der Waals surface area contributed by atoms with E-state index in [1.54, 1.807) is 29.3 Å². The van der Waals surface area contributed by atoms with Crippen LogP contribution in [-0.2, 0) is 4.74 Å². The lowest BCUT2D eigenvalue weighted by molar-refractivity contribution is 0.0303. The van der Waals surface area contributed by atoms with Crippen LogP contribution in [0.3, 0.4) is 0 Å². The number of nitrogens with zero attached hydrogens (tertiary/aromatic N) is 3. The van der Waals surface area contributed by atoms with Gasteiger partial charge in [-0.15, -0.1) is 0 Å². The molecule has 3 heterocycles. The van der Waals surface area contributed by atoms with Gasteiger partial charge >= 0.3 is 0 Å². The Kier molecular flexibility index (Phi) is 8.51. The summed E-state index contributed by atoms with van der Waals surface area (Å²) < 4.78 is 41.3. The van der Waals surface area contributed by atoms with E-state index in [4.69, 9.17) is 26.8 Å². The Balaban J connectivity index is 1.30. The Morgan fingerprint density at radius 2 is 1.84 bits per heavy atom. The van der Waals surface area contributed by atoms with Crippen molar-refractivity contribution in [1.29, 1.82) is 0 Å². The molecule has 12 heteroatoms. The van der Waals surface area contributed by atoms with Gasteiger partial charge in [0, 0.05) is 58.0 Å². The molecule has 1 saturated heterocycles. The normalized spacial score (nSPS) is 13.2. The van der Waals surface area contributed by atoms with E-state index in [2.05, 4.69) is 14.7 Å². The Bertz CT molecular complexity index is 1890. The van der Waals surface area contributed by atoms with Crippen LogP contribution in [0.5, 0.6) is 5.88 Å². The van der Waals surface area contributed by atoms with Crippen LogP contribution in [-0.4, -0.2) is 54.2 Å². The summed E-state index contributed by atoms with van der Waals surface area (Å²) in [6.45, 7) is 2.10. The summed E-state index contributed by atoms with van der Waals surface area (Å²) in [6, 6.07) is 18.0. The highest BCUT2D eigenvalue weighted by Crippen LogP contribution is 2.37. The molecule has 3 N–H and O–H groups in total. The van der Waals surface area contributed by atoms with Gasteiger partial charge in [-0.05, 0) is 66.0 Å². The number of halogens is 3. The molecule has 1 amide bonds. The van der Waals surface area contributed by atoms with E-state index in [9.17, 15) is 13.6 Å². The molecule has 44 heavy (non-hydrogen) atoms. The molecule has 1 fully saturated rings. The van der Waals surface area contributed by atoms with E-state index in [0.29, 0.717) is 70.9 Å². The number of morpholine rings is 1. The molecule has 2 aromatic heterocycles. The molecule has 1 aliphatic heterocycles. The van der Waals surface area contributed by atoms with Crippen molar-refractivity contribution in [3.63, 3.8) is 0 Å². The highest BCUT2D eigenvalue weighted by molar-refractivity contribution is 8.00. The van der Waals surface area contributed by atoms with Crippen LogP contribution in [0, 0.1) is 11.6 Å². The fourth-order valence-corrected chi connectivity index (χ4v) is 5.86. The van der Waals surface area contributed by atoms with Crippen LogP contribution in [0.1, 0.15) is 10.4 Å². The number of anilines is 2. The molecule has 8 nitrogen and oxygen atoms in total. The predicted molar refractivity (Wildman–Crippen MR) is 169 cm³/mol. The summed E-state index contributed by atoms with van der Waals surface area (Å²) >= 11 is 7.67. The number of rotatable bonds is 7. The number of carbonyl (C=O) groups excluding carboxylic acids is 1. The Morgan fingerprint density at radius 3 is 2.59 bits per heavy atom. The zero-order valence-corrected chi connectivity index (χ0v) is 25.0. The van der Waals surface area contributed by atoms with E-state index in [0.717, 1.165) is 34.5 Å². The van der Waals surface area contributed by atoms with Gasteiger partial charge < -0.3 is 24.8 Å². The lowest BCUT2D eigenvalue weighted by Gasteiger charge is -2.27. The van der Waals surface area contributed by atoms with Crippen LogP contribution in [0.25, 0.3) is 33.2 Å². The smallest absolute Gasteiger partial charge is 0.254 e. The summed E-state index contributed by atoms with van der Waals surface area (Å²) in [5.74, 6) is -0.809. The quantitative estimate of drug-likeness (QED) is 0.183. The third-order valence-corrected chi connectivity index (χ3v) is 8.38. The second-order valence-corrected chi connectivity index (χ2v) is 11.2. The van der Waals surface area contributed by atoms with Crippen molar-refractivity contribution in [3.05, 3.63) is 95.1 Å². The van der Waals surface area contributed by atoms with Gasteiger partial charge in [-0.25, -0.2) is 18.7 Å². The van der Waals surface area contributed by atoms with Gasteiger partial charge in [-0.2, -0.15) is 0 Å². The average molecular weight is 634 g/mol. The highest BCUT2D eigenvalue weighted by Gasteiger charge is 2.20. The molecule has 0 bridgehead atoms. The second kappa shape index (κ2) is 12.7. The number of nitrogens with two attached hydrogens (primary N) is 1. The summed E-state index contributed by atoms with van der Waals surface area (Å²) in [5, 5.41) is 1.20. The first kappa shape index (κ1) is 29.6. The van der Waals surface area contributed by atoms with E-state index < -0.39 is 11.6 Å². The molecule has 6 rings (SSSR count). The van der Waals surface area contributed by atoms with E-state index >= 15 is 0 Å². The van der Waals surface area contributed by atoms with Crippen LogP contribution >= 0.6 is 23.5 Å². The van der Waals surface area contributed by atoms with E-state index in [1.807, 2.05) is 30.3 Å². The second-order valence-electron chi connectivity index (χ2n) is 9.99. The van der Waals surface area contributed by atoms with Crippen LogP contribution < -0.4 is 15.2 Å². The number of amides is 1. The maximum atomic E-state index is 14.2. The van der Waals surface area contributed by atoms with Crippen molar-refractivity contribution < 1.29 is 23.0 Å². The van der Waals surface area contributed by atoms with Gasteiger partial charge in [0.1, 0.15) is 23.1 Å². The summed E-state index contributed by atoms with van der Waals surface area (Å²) in [5.41, 5.74) is 10.9. The van der Waals surface area contributed by atoms with Gasteiger partial charge in [0.05, 0.1) is 30.7 Å². The summed E-state index contributed by atoms with van der Waals surface area (Å²) in [6.07, 6.45) is 1.67. The third-order valence-electron chi connectivity index (χ3n) is 7.19. The number of nitrogen functional groups attached to an aromatic ring is 1. The standard InChI is InChI=1S/C32H26ClF2N5O3S/c1-42-31-28(39-44-29-7-4-22(34)16-26(29)35)15-21(17-37-31)18-3-6-27-20(12-18)13-24(30(36)38-27)23-5-2-19(14-25(23)33)32(41)40-8-10-43-11-9-40/h2-7,12-17,39H,8-11H2,1H3,(H2,36,38). The maximum absolute atomic E-state index is 14.2. The monoisotopic (exact) mass is 633 g/mol. The van der Waals surface area contributed by atoms with Crippen molar-refractivity contribution in [3.8, 4) is 28.1 Å². The van der Waals surface area contributed by atoms with Gasteiger partial charge in [-0.1, -0.05) is 23.7 Å². The lowest BCUT2D eigenvalue weighted by atomic mass is 9.99. The molecule has 0 aliphatic carbocycles. The van der Waals surface area contributed by atoms with Gasteiger partial charge in [0.25, 0.3) is 5.91 Å². The average Bonchev–Trinajstić information content (AvgIpc) is 3.04. The number of benzene rings is 3. The minimum atomic E-state index is -0.680. The fraction of sp³-hybridized carbons (Fsp3) is 0.156. The first-order chi connectivity index (χ1) is 21.3. The molecule has 224 valence electrons. The van der Waals surface area contributed by atoms with Crippen molar-refractivity contribution in [1.82, 2.24) is 14.9 Å². The topological polar surface area (TPSA) is 103 Å². The molecular formula is C32H26ClF2N5O3S. The number of aromatic nitrogens is 2.